The van der Waals surface area contributed by atoms with E-state index in [-0.39, 0.29) is 47.6 Å². The lowest BCUT2D eigenvalue weighted by Crippen LogP contribution is -2.59. The average Bonchev–Trinajstić information content (AvgIpc) is 3.79. The second-order valence-electron chi connectivity index (χ2n) is 14.8. The average molecular weight is 761 g/mol. The second-order valence-corrected chi connectivity index (χ2v) is 14.8. The molecule has 2 N–H and O–H groups in total. The Morgan fingerprint density at radius 1 is 1.13 bits per heavy atom. The molecule has 16 heteroatoms. The Morgan fingerprint density at radius 3 is 2.54 bits per heavy atom. The van der Waals surface area contributed by atoms with Gasteiger partial charge >= 0.3 is 18.2 Å². The van der Waals surface area contributed by atoms with Crippen molar-refractivity contribution in [2.24, 2.45) is 5.92 Å². The van der Waals surface area contributed by atoms with Crippen LogP contribution in [-0.4, -0.2) is 89.1 Å². The number of fused-ring (bicyclic) bond motifs is 4. The van der Waals surface area contributed by atoms with Gasteiger partial charge in [0.2, 0.25) is 11.8 Å². The second kappa shape index (κ2) is 15.8. The van der Waals surface area contributed by atoms with Crippen LogP contribution in [0.25, 0.3) is 10.9 Å². The first-order valence-corrected chi connectivity index (χ1v) is 18.1. The minimum absolute atomic E-state index is 0.0659. The fraction of sp³-hybridized carbons (Fsp3) is 0.579. The van der Waals surface area contributed by atoms with E-state index in [1.54, 1.807) is 27.7 Å². The van der Waals surface area contributed by atoms with Crippen LogP contribution in [0.15, 0.2) is 30.4 Å². The molecule has 294 valence electrons. The van der Waals surface area contributed by atoms with Crippen molar-refractivity contribution < 1.29 is 56.1 Å². The maximum atomic E-state index is 14.5. The van der Waals surface area contributed by atoms with Crippen LogP contribution in [-0.2, 0) is 30.0 Å². The molecule has 0 saturated heterocycles. The molecule has 3 aliphatic rings. The van der Waals surface area contributed by atoms with Crippen molar-refractivity contribution >= 4 is 40.6 Å². The number of benzene rings is 1. The number of carbonyl (C=O) groups is 5. The van der Waals surface area contributed by atoms with Gasteiger partial charge < -0.3 is 34.5 Å². The molecule has 5 atom stereocenters. The number of nitrogens with zero attached hydrogens (tertiary/aromatic N) is 2. The molecule has 1 aliphatic carbocycles. The van der Waals surface area contributed by atoms with Crippen LogP contribution < -0.4 is 20.1 Å². The van der Waals surface area contributed by atoms with E-state index in [9.17, 15) is 37.1 Å². The molecule has 1 aromatic carbocycles. The summed E-state index contributed by atoms with van der Waals surface area (Å²) in [6.45, 7) is 7.52. The first-order chi connectivity index (χ1) is 25.4. The molecule has 0 radical (unpaired) electrons. The molecule has 1 saturated carbocycles. The monoisotopic (exact) mass is 760 g/mol. The third kappa shape index (κ3) is 8.90. The molecular weight excluding hydrogens is 713 g/mol. The number of esters is 1. The van der Waals surface area contributed by atoms with Crippen molar-refractivity contribution in [2.75, 3.05) is 20.3 Å². The van der Waals surface area contributed by atoms with Crippen LogP contribution in [0.1, 0.15) is 95.6 Å². The Labute approximate surface area is 311 Å². The van der Waals surface area contributed by atoms with Gasteiger partial charge in [0.05, 0.1) is 31.3 Å². The highest BCUT2D eigenvalue weighted by Crippen LogP contribution is 2.46. The molecule has 0 spiro atoms. The molecule has 13 nitrogen and oxygen atoms in total. The highest BCUT2D eigenvalue weighted by Gasteiger charge is 2.61. The van der Waals surface area contributed by atoms with Gasteiger partial charge in [0.25, 0.3) is 0 Å². The molecule has 3 heterocycles. The number of amides is 3. The minimum Gasteiger partial charge on any atom is -0.497 e. The van der Waals surface area contributed by atoms with Crippen molar-refractivity contribution in [2.45, 2.75) is 115 Å². The first-order valence-electron chi connectivity index (χ1n) is 18.1. The fourth-order valence-corrected chi connectivity index (χ4v) is 6.84. The van der Waals surface area contributed by atoms with Gasteiger partial charge in [0.1, 0.15) is 35.1 Å². The van der Waals surface area contributed by atoms with Crippen LogP contribution in [0.5, 0.6) is 11.5 Å². The van der Waals surface area contributed by atoms with E-state index in [1.807, 2.05) is 12.2 Å². The van der Waals surface area contributed by atoms with E-state index in [1.165, 1.54) is 32.2 Å². The number of methoxy groups -OCH3 is 1. The quantitative estimate of drug-likeness (QED) is 0.278. The van der Waals surface area contributed by atoms with Crippen molar-refractivity contribution in [1.82, 2.24) is 20.5 Å². The maximum Gasteiger partial charge on any atom is 0.437 e. The Kier molecular flexibility index (Phi) is 11.8. The number of alkyl carbamates (subject to hydrolysis) is 1. The summed E-state index contributed by atoms with van der Waals surface area (Å²) < 4.78 is 65.3. The van der Waals surface area contributed by atoms with E-state index in [2.05, 4.69) is 15.6 Å². The molecule has 5 rings (SSSR count). The molecule has 2 aromatic rings. The zero-order chi connectivity index (χ0) is 39.6. The van der Waals surface area contributed by atoms with E-state index >= 15 is 0 Å². The summed E-state index contributed by atoms with van der Waals surface area (Å²) in [5, 5.41) is 5.49. The molecule has 1 fully saturated rings. The predicted octanol–water partition coefficient (Wildman–Crippen LogP) is 5.66. The standard InChI is InChI=1S/C38H47F3N4O9/c1-7-52-34(49)37-19-22(37)13-11-9-8-10-12-14-27(43-35(50)54-36(3,4)5)33(48)45(21(2)32(47)44-37)20-24-18-28(46)29-25-17-23(51-6)15-16-26(25)42-31(30(29)53-24)38(39,40)41/h11,13,15-17,21-22,24,27H,7-10,12,14,18-20H2,1-6H3,(H,43,50)(H,44,47)/b13-11-/t21-,22+,24?,27-,37+/m0/s1. The van der Waals surface area contributed by atoms with E-state index in [0.29, 0.717) is 19.3 Å². The number of rotatable bonds is 6. The first kappa shape index (κ1) is 40.3. The smallest absolute Gasteiger partial charge is 0.437 e. The van der Waals surface area contributed by atoms with Gasteiger partial charge in [-0.15, -0.1) is 0 Å². The van der Waals surface area contributed by atoms with Gasteiger partial charge in [0, 0.05) is 17.7 Å². The summed E-state index contributed by atoms with van der Waals surface area (Å²) in [5.74, 6) is -3.73. The number of hydrogen-bond acceptors (Lipinski definition) is 10. The van der Waals surface area contributed by atoms with Gasteiger partial charge in [-0.3, -0.25) is 14.4 Å². The van der Waals surface area contributed by atoms with Gasteiger partial charge in [-0.05, 0) is 78.5 Å². The summed E-state index contributed by atoms with van der Waals surface area (Å²) >= 11 is 0. The lowest BCUT2D eigenvalue weighted by molar-refractivity contribution is -0.151. The van der Waals surface area contributed by atoms with Crippen LogP contribution >= 0.6 is 0 Å². The number of pyridine rings is 1. The summed E-state index contributed by atoms with van der Waals surface area (Å²) in [6.07, 6.45) is -0.938. The minimum atomic E-state index is -5.02. The Balaban J connectivity index is 1.54. The number of allylic oxidation sites excluding steroid dienone is 1. The molecule has 2 aliphatic heterocycles. The predicted molar refractivity (Wildman–Crippen MR) is 189 cm³/mol. The summed E-state index contributed by atoms with van der Waals surface area (Å²) in [5.41, 5.74) is -4.13. The highest BCUT2D eigenvalue weighted by molar-refractivity contribution is 6.11. The van der Waals surface area contributed by atoms with Gasteiger partial charge in [-0.2, -0.15) is 13.2 Å². The van der Waals surface area contributed by atoms with Crippen molar-refractivity contribution in [3.63, 3.8) is 0 Å². The topological polar surface area (TPSA) is 162 Å². The van der Waals surface area contributed by atoms with Gasteiger partial charge in [0.15, 0.2) is 17.2 Å². The number of carbonyl (C=O) groups excluding carboxylic acids is 5. The number of hydrogen-bond donors (Lipinski definition) is 2. The Hall–Kier alpha value is -4.89. The summed E-state index contributed by atoms with van der Waals surface area (Å²) in [7, 11) is 1.37. The normalized spacial score (nSPS) is 25.9. The van der Waals surface area contributed by atoms with Crippen LogP contribution in [0.2, 0.25) is 0 Å². The van der Waals surface area contributed by atoms with E-state index in [0.717, 1.165) is 11.3 Å². The van der Waals surface area contributed by atoms with Crippen LogP contribution in [0.3, 0.4) is 0 Å². The molecule has 3 amide bonds. The summed E-state index contributed by atoms with van der Waals surface area (Å²) in [4.78, 5) is 73.4. The zero-order valence-corrected chi connectivity index (χ0v) is 31.3. The molecule has 0 bridgehead atoms. The number of alkyl halides is 3. The number of ketones is 1. The highest BCUT2D eigenvalue weighted by atomic mass is 19.4. The van der Waals surface area contributed by atoms with Gasteiger partial charge in [-0.25, -0.2) is 14.6 Å². The fourth-order valence-electron chi connectivity index (χ4n) is 6.84. The molecule has 1 aromatic heterocycles. The third-order valence-corrected chi connectivity index (χ3v) is 9.64. The van der Waals surface area contributed by atoms with Crippen LogP contribution in [0.4, 0.5) is 18.0 Å². The van der Waals surface area contributed by atoms with E-state index in [4.69, 9.17) is 18.9 Å². The summed E-state index contributed by atoms with van der Waals surface area (Å²) in [6, 6.07) is 1.55. The van der Waals surface area contributed by atoms with Gasteiger partial charge in [-0.1, -0.05) is 25.0 Å². The van der Waals surface area contributed by atoms with Crippen LogP contribution in [0, 0.1) is 5.92 Å². The SMILES string of the molecule is CCOC(=O)[C@@]12C[C@H]1/C=C\CCCCC[C@H](NC(=O)OC(C)(C)C)C(=O)N(CC1CC(=O)c3c(c(C(F)(F)F)nc4ccc(OC)cc34)O1)[C@@H](C)C(=O)N2. The molecule has 1 unspecified atom stereocenters. The third-order valence-electron chi connectivity index (χ3n) is 9.64. The van der Waals surface area contributed by atoms with E-state index < -0.39 is 89.6 Å². The Morgan fingerprint density at radius 2 is 1.87 bits per heavy atom. The molecule has 54 heavy (non-hydrogen) atoms. The number of halogens is 3. The van der Waals surface area contributed by atoms with Crippen molar-refractivity contribution in [1.29, 1.82) is 0 Å². The number of Topliss-reactive ketones (excluding diaryl/α,β-unsaturated/α-hetero) is 1. The Bertz CT molecular complexity index is 1830. The molecular formula is C38H47F3N4O9. The number of ether oxygens (including phenoxy) is 4. The van der Waals surface area contributed by atoms with Crippen molar-refractivity contribution in [3.8, 4) is 11.5 Å². The number of nitrogens with one attached hydrogen (secondary N) is 2. The lowest BCUT2D eigenvalue weighted by atomic mass is 9.95. The number of aromatic nitrogens is 1. The maximum absolute atomic E-state index is 14.5. The largest absolute Gasteiger partial charge is 0.497 e. The zero-order valence-electron chi connectivity index (χ0n) is 31.3. The van der Waals surface area contributed by atoms with Crippen molar-refractivity contribution in [3.05, 3.63) is 41.6 Å². The lowest BCUT2D eigenvalue weighted by Gasteiger charge is -2.37.